The van der Waals surface area contributed by atoms with Gasteiger partial charge in [-0.3, -0.25) is 0 Å². The van der Waals surface area contributed by atoms with Crippen molar-refractivity contribution in [1.29, 1.82) is 0 Å². The number of anilines is 2. The van der Waals surface area contributed by atoms with Gasteiger partial charge in [0.15, 0.2) is 17.0 Å². The van der Waals surface area contributed by atoms with Gasteiger partial charge in [0.2, 0.25) is 16.0 Å². The Morgan fingerprint density at radius 3 is 2.63 bits per heavy atom. The van der Waals surface area contributed by atoms with E-state index in [9.17, 15) is 13.5 Å². The molecule has 3 heterocycles. The van der Waals surface area contributed by atoms with Crippen molar-refractivity contribution in [3.8, 4) is 0 Å². The van der Waals surface area contributed by atoms with Gasteiger partial charge in [-0.05, 0) is 24.5 Å². The van der Waals surface area contributed by atoms with Gasteiger partial charge in [0, 0.05) is 32.0 Å². The maximum atomic E-state index is 11.5. The van der Waals surface area contributed by atoms with E-state index in [-0.39, 0.29) is 17.5 Å². The zero-order valence-corrected chi connectivity index (χ0v) is 20.3. The lowest BCUT2D eigenvalue weighted by Gasteiger charge is -2.15. The second-order valence-corrected chi connectivity index (χ2v) is 9.82. The van der Waals surface area contributed by atoms with Crippen molar-refractivity contribution >= 4 is 33.0 Å². The zero-order valence-electron chi connectivity index (χ0n) is 19.5. The molecule has 0 fully saturated rings. The SMILES string of the molecule is CC[C@H](CO)Nc1nc(NCc2ccccc2)c2ncn(CCCn3ccc(S(N)(=O)=O)c3)c2n1. The molecule has 3 aromatic heterocycles. The molecule has 1 aromatic carbocycles. The molecule has 0 saturated carbocycles. The minimum Gasteiger partial charge on any atom is -0.394 e. The zero-order chi connectivity index (χ0) is 24.8. The number of imidazole rings is 1. The van der Waals surface area contributed by atoms with Crippen LogP contribution in [0.3, 0.4) is 0 Å². The molecule has 0 saturated heterocycles. The first-order valence-electron chi connectivity index (χ1n) is 11.4. The third kappa shape index (κ3) is 6.15. The predicted octanol–water partition coefficient (Wildman–Crippen LogP) is 2.16. The van der Waals surface area contributed by atoms with Crippen LogP contribution in [0.2, 0.25) is 0 Å². The van der Waals surface area contributed by atoms with Gasteiger partial charge < -0.3 is 24.9 Å². The quantitative estimate of drug-likeness (QED) is 0.232. The highest BCUT2D eigenvalue weighted by atomic mass is 32.2. The minimum atomic E-state index is -3.71. The Labute approximate surface area is 204 Å². The maximum absolute atomic E-state index is 11.5. The Balaban J connectivity index is 1.54. The van der Waals surface area contributed by atoms with Crippen LogP contribution < -0.4 is 15.8 Å². The van der Waals surface area contributed by atoms with Gasteiger partial charge in [0.05, 0.1) is 23.9 Å². The van der Waals surface area contributed by atoms with Crippen LogP contribution in [0.1, 0.15) is 25.3 Å². The number of rotatable bonds is 12. The highest BCUT2D eigenvalue weighted by Gasteiger charge is 2.16. The number of benzene rings is 1. The number of nitrogens with one attached hydrogen (secondary N) is 2. The normalized spacial score (nSPS) is 12.7. The molecule has 0 amide bonds. The Morgan fingerprint density at radius 2 is 1.94 bits per heavy atom. The first kappa shape index (κ1) is 24.6. The second kappa shape index (κ2) is 10.8. The molecule has 12 heteroatoms. The Bertz CT molecular complexity index is 1360. The number of nitrogens with two attached hydrogens (primary N) is 1. The van der Waals surface area contributed by atoms with Crippen LogP contribution >= 0.6 is 0 Å². The van der Waals surface area contributed by atoms with Gasteiger partial charge in [0.1, 0.15) is 0 Å². The van der Waals surface area contributed by atoms with Crippen LogP contribution in [0.15, 0.2) is 60.0 Å². The van der Waals surface area contributed by atoms with Gasteiger partial charge in [-0.1, -0.05) is 37.3 Å². The number of sulfonamides is 1. The lowest BCUT2D eigenvalue weighted by Crippen LogP contribution is -2.24. The van der Waals surface area contributed by atoms with Crippen LogP contribution in [-0.2, 0) is 29.7 Å². The van der Waals surface area contributed by atoms with Crippen molar-refractivity contribution < 1.29 is 13.5 Å². The second-order valence-electron chi connectivity index (χ2n) is 8.26. The monoisotopic (exact) mass is 498 g/mol. The predicted molar refractivity (Wildman–Crippen MR) is 134 cm³/mol. The molecular weight excluding hydrogens is 468 g/mol. The van der Waals surface area contributed by atoms with Crippen molar-refractivity contribution in [1.82, 2.24) is 24.1 Å². The van der Waals surface area contributed by atoms with Crippen molar-refractivity contribution in [2.45, 2.75) is 50.3 Å². The highest BCUT2D eigenvalue weighted by molar-refractivity contribution is 7.89. The van der Waals surface area contributed by atoms with Crippen molar-refractivity contribution in [3.05, 3.63) is 60.7 Å². The van der Waals surface area contributed by atoms with Crippen molar-refractivity contribution in [2.75, 3.05) is 17.2 Å². The fraction of sp³-hybridized carbons (Fsp3) is 0.348. The summed E-state index contributed by atoms with van der Waals surface area (Å²) in [6.07, 6.45) is 6.39. The first-order chi connectivity index (χ1) is 16.9. The number of nitrogens with zero attached hydrogens (tertiary/aromatic N) is 5. The van der Waals surface area contributed by atoms with Crippen LogP contribution in [0.5, 0.6) is 0 Å². The number of hydrogen-bond donors (Lipinski definition) is 4. The standard InChI is InChI=1S/C23H30N8O3S/c1-2-18(15-32)27-23-28-21(25-13-17-7-4-3-5-8-17)20-22(29-23)31(16-26-20)11-6-10-30-12-9-19(14-30)35(24,33)34/h3-5,7-9,12,14,16,18,32H,2,6,10-11,13,15H2,1H3,(H2,24,33,34)(H2,25,27,28,29)/t18-/m1/s1. The number of aryl methyl sites for hydroxylation is 2. The average Bonchev–Trinajstić information content (AvgIpc) is 3.49. The lowest BCUT2D eigenvalue weighted by atomic mass is 10.2. The summed E-state index contributed by atoms with van der Waals surface area (Å²) in [5.74, 6) is 1.02. The summed E-state index contributed by atoms with van der Waals surface area (Å²) in [6, 6.07) is 11.3. The van der Waals surface area contributed by atoms with Crippen molar-refractivity contribution in [3.63, 3.8) is 0 Å². The van der Waals surface area contributed by atoms with Gasteiger partial charge >= 0.3 is 0 Å². The molecule has 1 atom stereocenters. The molecule has 4 aromatic rings. The topological polar surface area (TPSA) is 153 Å². The summed E-state index contributed by atoms with van der Waals surface area (Å²) in [5, 5.41) is 21.4. The van der Waals surface area contributed by atoms with Gasteiger partial charge in [-0.2, -0.15) is 9.97 Å². The number of hydrogen-bond acceptors (Lipinski definition) is 8. The molecule has 0 unspecified atom stereocenters. The third-order valence-corrected chi connectivity index (χ3v) is 6.58. The number of aliphatic hydroxyl groups excluding tert-OH is 1. The summed E-state index contributed by atoms with van der Waals surface area (Å²) in [7, 11) is -3.71. The summed E-state index contributed by atoms with van der Waals surface area (Å²) in [4.78, 5) is 13.9. The van der Waals surface area contributed by atoms with E-state index >= 15 is 0 Å². The van der Waals surface area contributed by atoms with Crippen LogP contribution in [-0.4, -0.2) is 50.3 Å². The Hall–Kier alpha value is -3.48. The summed E-state index contributed by atoms with van der Waals surface area (Å²) >= 11 is 0. The number of primary sulfonamides is 1. The Morgan fingerprint density at radius 1 is 1.14 bits per heavy atom. The van der Waals surface area contributed by atoms with Crippen LogP contribution in [0.4, 0.5) is 11.8 Å². The van der Waals surface area contributed by atoms with Crippen LogP contribution in [0.25, 0.3) is 11.2 Å². The number of aromatic nitrogens is 5. The number of aliphatic hydroxyl groups is 1. The molecular formula is C23H30N8O3S. The molecule has 0 spiro atoms. The van der Waals surface area contributed by atoms with Crippen LogP contribution in [0, 0.1) is 0 Å². The molecule has 4 rings (SSSR count). The molecule has 0 aliphatic heterocycles. The smallest absolute Gasteiger partial charge is 0.239 e. The maximum Gasteiger partial charge on any atom is 0.239 e. The summed E-state index contributed by atoms with van der Waals surface area (Å²) < 4.78 is 26.7. The van der Waals surface area contributed by atoms with Gasteiger partial charge in [-0.15, -0.1) is 0 Å². The van der Waals surface area contributed by atoms with E-state index in [0.717, 1.165) is 18.4 Å². The van der Waals surface area contributed by atoms with Gasteiger partial charge in [0.25, 0.3) is 0 Å². The van der Waals surface area contributed by atoms with Gasteiger partial charge in [-0.25, -0.2) is 18.5 Å². The average molecular weight is 499 g/mol. The van der Waals surface area contributed by atoms with E-state index in [4.69, 9.17) is 5.14 Å². The molecule has 5 N–H and O–H groups in total. The van der Waals surface area contributed by atoms with E-state index in [1.54, 1.807) is 17.1 Å². The van der Waals surface area contributed by atoms with Crippen molar-refractivity contribution in [2.24, 2.45) is 5.14 Å². The van der Waals surface area contributed by atoms with E-state index in [2.05, 4.69) is 25.6 Å². The highest BCUT2D eigenvalue weighted by Crippen LogP contribution is 2.22. The summed E-state index contributed by atoms with van der Waals surface area (Å²) in [6.45, 7) is 3.75. The first-order valence-corrected chi connectivity index (χ1v) is 13.0. The lowest BCUT2D eigenvalue weighted by molar-refractivity contribution is 0.271. The largest absolute Gasteiger partial charge is 0.394 e. The molecule has 35 heavy (non-hydrogen) atoms. The summed E-state index contributed by atoms with van der Waals surface area (Å²) in [5.41, 5.74) is 2.44. The third-order valence-electron chi connectivity index (χ3n) is 5.68. The molecule has 0 radical (unpaired) electrons. The van der Waals surface area contributed by atoms with E-state index in [0.29, 0.717) is 42.6 Å². The fourth-order valence-electron chi connectivity index (χ4n) is 3.69. The molecule has 0 aliphatic carbocycles. The molecule has 0 aliphatic rings. The van der Waals surface area contributed by atoms with E-state index < -0.39 is 10.0 Å². The van der Waals surface area contributed by atoms with E-state index in [1.165, 1.54) is 12.3 Å². The number of fused-ring (bicyclic) bond motifs is 1. The van der Waals surface area contributed by atoms with E-state index in [1.807, 2.05) is 41.8 Å². The molecule has 0 bridgehead atoms. The Kier molecular flexibility index (Phi) is 7.63. The molecule has 186 valence electrons. The minimum absolute atomic E-state index is 0.0265. The fourth-order valence-corrected chi connectivity index (χ4v) is 4.22. The molecule has 11 nitrogen and oxygen atoms in total.